The van der Waals surface area contributed by atoms with Crippen molar-refractivity contribution in [2.75, 3.05) is 6.61 Å². The van der Waals surface area contributed by atoms with Crippen LogP contribution in [0.5, 0.6) is 0 Å². The number of aliphatic hydroxyl groups excluding tert-OH is 1. The molecule has 1 N–H and O–H groups in total. The fourth-order valence-electron chi connectivity index (χ4n) is 4.52. The number of carbonyl (C=O) groups is 2. The third-order valence-electron chi connectivity index (χ3n) is 6.18. The molecule has 2 aromatic carbocycles. The number of rotatable bonds is 4. The number of nitrogens with zero attached hydrogens (tertiary/aromatic N) is 1. The average Bonchev–Trinajstić information content (AvgIpc) is 3.13. The first-order chi connectivity index (χ1) is 14.0. The van der Waals surface area contributed by atoms with Gasteiger partial charge in [0.25, 0.3) is 0 Å². The van der Waals surface area contributed by atoms with Crippen LogP contribution in [0.25, 0.3) is 0 Å². The molecule has 29 heavy (non-hydrogen) atoms. The van der Waals surface area contributed by atoms with Gasteiger partial charge in [-0.05, 0) is 48.9 Å². The summed E-state index contributed by atoms with van der Waals surface area (Å²) in [7, 11) is 0. The fourth-order valence-corrected chi connectivity index (χ4v) is 4.64. The quantitative estimate of drug-likeness (QED) is 0.793. The molecule has 6 heteroatoms. The predicted molar refractivity (Wildman–Crippen MR) is 110 cm³/mol. The van der Waals surface area contributed by atoms with Gasteiger partial charge in [-0.2, -0.15) is 0 Å². The largest absolute Gasteiger partial charge is 0.446 e. The third-order valence-corrected chi connectivity index (χ3v) is 6.44. The summed E-state index contributed by atoms with van der Waals surface area (Å²) in [5, 5.41) is 10.7. The van der Waals surface area contributed by atoms with Crippen LogP contribution < -0.4 is 0 Å². The van der Waals surface area contributed by atoms with Crippen molar-refractivity contribution in [2.45, 2.75) is 49.7 Å². The first kappa shape index (κ1) is 19.9. The molecule has 2 aliphatic rings. The number of carbonyl (C=O) groups excluding carboxylic acids is 2. The molecule has 1 saturated carbocycles. The Kier molecular flexibility index (Phi) is 5.61. The summed E-state index contributed by atoms with van der Waals surface area (Å²) in [5.41, 5.74) is 1.47. The Labute approximate surface area is 175 Å². The zero-order valence-corrected chi connectivity index (χ0v) is 16.8. The molecule has 1 aliphatic heterocycles. The Bertz CT molecular complexity index is 876. The summed E-state index contributed by atoms with van der Waals surface area (Å²) in [6.45, 7) is 0.168. The minimum absolute atomic E-state index is 0.168. The zero-order valence-electron chi connectivity index (χ0n) is 16.1. The minimum Gasteiger partial charge on any atom is -0.446 e. The van der Waals surface area contributed by atoms with E-state index in [1.54, 1.807) is 0 Å². The Morgan fingerprint density at radius 1 is 1.10 bits per heavy atom. The number of hydrogen-bond acceptors (Lipinski definition) is 4. The van der Waals surface area contributed by atoms with Gasteiger partial charge in [-0.15, -0.1) is 0 Å². The topological polar surface area (TPSA) is 66.8 Å². The highest BCUT2D eigenvalue weighted by atomic mass is 35.5. The number of halogens is 1. The third kappa shape index (κ3) is 4.02. The van der Waals surface area contributed by atoms with E-state index in [4.69, 9.17) is 16.3 Å². The van der Waals surface area contributed by atoms with Crippen molar-refractivity contribution in [1.29, 1.82) is 0 Å². The molecule has 152 valence electrons. The van der Waals surface area contributed by atoms with Gasteiger partial charge in [0.1, 0.15) is 12.6 Å². The van der Waals surface area contributed by atoms with Gasteiger partial charge in [0.05, 0.1) is 6.10 Å². The SMILES string of the molecule is O=C(CC1(c2ccc(Cl)cc2)CCC(O)CC1)N1C(=O)OCC1c1ccccc1. The Hall–Kier alpha value is -2.37. The first-order valence-corrected chi connectivity index (χ1v) is 10.3. The monoisotopic (exact) mass is 413 g/mol. The second-order valence-corrected chi connectivity index (χ2v) is 8.40. The van der Waals surface area contributed by atoms with Crippen molar-refractivity contribution < 1.29 is 19.4 Å². The van der Waals surface area contributed by atoms with E-state index in [2.05, 4.69) is 0 Å². The number of aliphatic hydroxyl groups is 1. The van der Waals surface area contributed by atoms with Crippen LogP contribution in [0, 0.1) is 0 Å². The fraction of sp³-hybridized carbons (Fsp3) is 0.391. The zero-order chi connectivity index (χ0) is 20.4. The lowest BCUT2D eigenvalue weighted by Crippen LogP contribution is -2.42. The van der Waals surface area contributed by atoms with Gasteiger partial charge in [0, 0.05) is 16.9 Å². The lowest BCUT2D eigenvalue weighted by atomic mass is 9.66. The standard InChI is InChI=1S/C23H24ClNO4/c24-18-8-6-17(7-9-18)23(12-10-19(26)11-13-23)14-21(27)25-20(15-29-22(25)28)16-4-2-1-3-5-16/h1-9,19-20,26H,10-15H2. The second kappa shape index (κ2) is 8.17. The average molecular weight is 414 g/mol. The van der Waals surface area contributed by atoms with E-state index in [9.17, 15) is 14.7 Å². The Morgan fingerprint density at radius 2 is 1.76 bits per heavy atom. The van der Waals surface area contributed by atoms with E-state index in [0.29, 0.717) is 30.7 Å². The maximum atomic E-state index is 13.4. The van der Waals surface area contributed by atoms with Gasteiger partial charge in [-0.1, -0.05) is 54.1 Å². The summed E-state index contributed by atoms with van der Waals surface area (Å²) < 4.78 is 5.22. The van der Waals surface area contributed by atoms with E-state index in [0.717, 1.165) is 11.1 Å². The molecule has 1 atom stereocenters. The van der Waals surface area contributed by atoms with Crippen LogP contribution in [0.4, 0.5) is 4.79 Å². The summed E-state index contributed by atoms with van der Waals surface area (Å²) in [5.74, 6) is -0.243. The molecule has 0 radical (unpaired) electrons. The van der Waals surface area contributed by atoms with Crippen LogP contribution in [0.3, 0.4) is 0 Å². The van der Waals surface area contributed by atoms with Crippen molar-refractivity contribution in [3.8, 4) is 0 Å². The highest BCUT2D eigenvalue weighted by Gasteiger charge is 2.44. The van der Waals surface area contributed by atoms with E-state index in [1.165, 1.54) is 4.90 Å². The van der Waals surface area contributed by atoms with Crippen molar-refractivity contribution >= 4 is 23.6 Å². The smallest absolute Gasteiger partial charge is 0.417 e. The number of hydrogen-bond donors (Lipinski definition) is 1. The molecule has 0 spiro atoms. The molecule has 5 nitrogen and oxygen atoms in total. The van der Waals surface area contributed by atoms with Gasteiger partial charge in [0.2, 0.25) is 5.91 Å². The van der Waals surface area contributed by atoms with Gasteiger partial charge < -0.3 is 9.84 Å². The molecule has 1 unspecified atom stereocenters. The molecular weight excluding hydrogens is 390 g/mol. The molecule has 1 saturated heterocycles. The van der Waals surface area contributed by atoms with Crippen molar-refractivity contribution in [3.05, 3.63) is 70.7 Å². The number of amides is 2. The van der Waals surface area contributed by atoms with Crippen molar-refractivity contribution in [3.63, 3.8) is 0 Å². The van der Waals surface area contributed by atoms with Crippen LogP contribution >= 0.6 is 11.6 Å². The van der Waals surface area contributed by atoms with E-state index >= 15 is 0 Å². The summed E-state index contributed by atoms with van der Waals surface area (Å²) >= 11 is 6.06. The number of benzene rings is 2. The molecule has 2 aromatic rings. The van der Waals surface area contributed by atoms with Crippen LogP contribution in [-0.4, -0.2) is 34.7 Å². The molecule has 2 amide bonds. The van der Waals surface area contributed by atoms with Gasteiger partial charge in [-0.25, -0.2) is 9.69 Å². The van der Waals surface area contributed by atoms with Crippen LogP contribution in [0.15, 0.2) is 54.6 Å². The molecule has 1 aliphatic carbocycles. The van der Waals surface area contributed by atoms with Crippen LogP contribution in [0.1, 0.15) is 49.3 Å². The van der Waals surface area contributed by atoms with Crippen LogP contribution in [0.2, 0.25) is 5.02 Å². The van der Waals surface area contributed by atoms with Gasteiger partial charge in [-0.3, -0.25) is 4.79 Å². The summed E-state index contributed by atoms with van der Waals surface area (Å²) in [4.78, 5) is 27.0. The van der Waals surface area contributed by atoms with Gasteiger partial charge in [0.15, 0.2) is 0 Å². The molecule has 1 heterocycles. The predicted octanol–water partition coefficient (Wildman–Crippen LogP) is 4.62. The highest BCUT2D eigenvalue weighted by molar-refractivity contribution is 6.30. The number of cyclic esters (lactones) is 1. The molecular formula is C23H24ClNO4. The maximum absolute atomic E-state index is 13.4. The van der Waals surface area contributed by atoms with E-state index in [-0.39, 0.29) is 25.0 Å². The highest BCUT2D eigenvalue weighted by Crippen LogP contribution is 2.44. The maximum Gasteiger partial charge on any atom is 0.417 e. The number of ether oxygens (including phenoxy) is 1. The van der Waals surface area contributed by atoms with E-state index < -0.39 is 17.6 Å². The Morgan fingerprint density at radius 3 is 2.41 bits per heavy atom. The summed E-state index contributed by atoms with van der Waals surface area (Å²) in [6.07, 6.45) is 1.87. The Balaban J connectivity index is 1.62. The van der Waals surface area contributed by atoms with Crippen LogP contribution in [-0.2, 0) is 14.9 Å². The lowest BCUT2D eigenvalue weighted by Gasteiger charge is -2.40. The number of imide groups is 1. The lowest BCUT2D eigenvalue weighted by molar-refractivity contribution is -0.131. The van der Waals surface area contributed by atoms with E-state index in [1.807, 2.05) is 54.6 Å². The molecule has 4 rings (SSSR count). The van der Waals surface area contributed by atoms with Gasteiger partial charge >= 0.3 is 6.09 Å². The summed E-state index contributed by atoms with van der Waals surface area (Å²) in [6, 6.07) is 16.6. The molecule has 0 aromatic heterocycles. The van der Waals surface area contributed by atoms with Crippen molar-refractivity contribution in [2.24, 2.45) is 0 Å². The normalized spacial score (nSPS) is 27.0. The second-order valence-electron chi connectivity index (χ2n) is 7.96. The minimum atomic E-state index is -0.592. The molecule has 0 bridgehead atoms. The van der Waals surface area contributed by atoms with Crippen molar-refractivity contribution in [1.82, 2.24) is 4.90 Å². The first-order valence-electron chi connectivity index (χ1n) is 9.96. The molecule has 2 fully saturated rings.